The Balaban J connectivity index is 1.58. The van der Waals surface area contributed by atoms with Crippen LogP contribution in [0.5, 0.6) is 11.5 Å². The van der Waals surface area contributed by atoms with E-state index in [0.29, 0.717) is 43.1 Å². The van der Waals surface area contributed by atoms with E-state index >= 15 is 0 Å². The molecule has 0 aromatic heterocycles. The van der Waals surface area contributed by atoms with Crippen molar-refractivity contribution in [1.82, 2.24) is 4.90 Å². The molecular weight excluding hydrogens is 308 g/mol. The van der Waals surface area contributed by atoms with Crippen molar-refractivity contribution in [2.24, 2.45) is 11.8 Å². The van der Waals surface area contributed by atoms with Crippen LogP contribution >= 0.6 is 0 Å². The third kappa shape index (κ3) is 3.63. The second kappa shape index (κ2) is 7.11. The Kier molecular flexibility index (Phi) is 4.92. The molecule has 1 saturated heterocycles. The highest BCUT2D eigenvalue weighted by Crippen LogP contribution is 2.33. The number of ether oxygens (including phenoxy) is 2. The molecule has 1 aromatic carbocycles. The maximum absolute atomic E-state index is 12.5. The van der Waals surface area contributed by atoms with Crippen molar-refractivity contribution in [2.75, 3.05) is 32.6 Å². The van der Waals surface area contributed by atoms with Gasteiger partial charge >= 0.3 is 0 Å². The van der Waals surface area contributed by atoms with Gasteiger partial charge in [0.25, 0.3) is 0 Å². The zero-order valence-corrected chi connectivity index (χ0v) is 14.2. The van der Waals surface area contributed by atoms with E-state index in [9.17, 15) is 9.59 Å². The SMILES string of the molecule is COc1ccc(OC)c(NC(=O)C2CCN(C(=O)C3CC3)CC2)c1. The van der Waals surface area contributed by atoms with Crippen molar-refractivity contribution in [1.29, 1.82) is 0 Å². The Morgan fingerprint density at radius 1 is 1.04 bits per heavy atom. The largest absolute Gasteiger partial charge is 0.497 e. The molecule has 0 atom stereocenters. The molecule has 2 amide bonds. The summed E-state index contributed by atoms with van der Waals surface area (Å²) in [5.41, 5.74) is 0.610. The van der Waals surface area contributed by atoms with Crippen LogP contribution in [0.3, 0.4) is 0 Å². The van der Waals surface area contributed by atoms with Crippen LogP contribution in [0.4, 0.5) is 5.69 Å². The number of nitrogens with zero attached hydrogens (tertiary/aromatic N) is 1. The van der Waals surface area contributed by atoms with Crippen molar-refractivity contribution >= 4 is 17.5 Å². The standard InChI is InChI=1S/C18H24N2O4/c1-23-14-5-6-16(24-2)15(11-14)19-17(21)12-7-9-20(10-8-12)18(22)13-3-4-13/h5-6,11-13H,3-4,7-10H2,1-2H3,(H,19,21). The number of benzene rings is 1. The van der Waals surface area contributed by atoms with Gasteiger partial charge in [-0.05, 0) is 37.8 Å². The van der Waals surface area contributed by atoms with Gasteiger partial charge in [-0.1, -0.05) is 0 Å². The minimum Gasteiger partial charge on any atom is -0.497 e. The van der Waals surface area contributed by atoms with Crippen molar-refractivity contribution in [3.05, 3.63) is 18.2 Å². The zero-order valence-electron chi connectivity index (χ0n) is 14.2. The number of carbonyl (C=O) groups excluding carboxylic acids is 2. The Bertz CT molecular complexity index is 619. The van der Waals surface area contributed by atoms with Crippen LogP contribution in [0.2, 0.25) is 0 Å². The number of carbonyl (C=O) groups is 2. The van der Waals surface area contributed by atoms with Gasteiger partial charge < -0.3 is 19.7 Å². The molecule has 2 fully saturated rings. The summed E-state index contributed by atoms with van der Waals surface area (Å²) in [7, 11) is 3.15. The number of amides is 2. The van der Waals surface area contributed by atoms with E-state index in [2.05, 4.69) is 5.32 Å². The summed E-state index contributed by atoms with van der Waals surface area (Å²) < 4.78 is 10.5. The van der Waals surface area contributed by atoms with Crippen LogP contribution in [-0.4, -0.2) is 44.0 Å². The van der Waals surface area contributed by atoms with Crippen LogP contribution in [0.25, 0.3) is 0 Å². The topological polar surface area (TPSA) is 67.9 Å². The summed E-state index contributed by atoms with van der Waals surface area (Å²) in [5, 5.41) is 2.94. The first-order valence-corrected chi connectivity index (χ1v) is 8.44. The monoisotopic (exact) mass is 332 g/mol. The van der Waals surface area contributed by atoms with Crippen LogP contribution in [0, 0.1) is 11.8 Å². The number of piperidine rings is 1. The Labute approximate surface area is 142 Å². The maximum atomic E-state index is 12.5. The highest BCUT2D eigenvalue weighted by molar-refractivity contribution is 5.94. The molecule has 3 rings (SSSR count). The predicted molar refractivity (Wildman–Crippen MR) is 90.2 cm³/mol. The molecule has 1 heterocycles. The van der Waals surface area contributed by atoms with Gasteiger partial charge in [0, 0.05) is 31.0 Å². The Morgan fingerprint density at radius 2 is 1.75 bits per heavy atom. The fourth-order valence-corrected chi connectivity index (χ4v) is 3.10. The lowest BCUT2D eigenvalue weighted by atomic mass is 9.95. The molecule has 24 heavy (non-hydrogen) atoms. The van der Waals surface area contributed by atoms with Gasteiger partial charge in [0.2, 0.25) is 11.8 Å². The second-order valence-electron chi connectivity index (χ2n) is 6.43. The lowest BCUT2D eigenvalue weighted by Crippen LogP contribution is -2.42. The van der Waals surface area contributed by atoms with Crippen LogP contribution in [0.15, 0.2) is 18.2 Å². The molecule has 0 unspecified atom stereocenters. The number of anilines is 1. The van der Waals surface area contributed by atoms with Gasteiger partial charge in [-0.25, -0.2) is 0 Å². The lowest BCUT2D eigenvalue weighted by Gasteiger charge is -2.31. The third-order valence-corrected chi connectivity index (χ3v) is 4.77. The number of rotatable bonds is 5. The number of methoxy groups -OCH3 is 2. The summed E-state index contributed by atoms with van der Waals surface area (Å²) in [6, 6.07) is 5.31. The van der Waals surface area contributed by atoms with Crippen molar-refractivity contribution in [2.45, 2.75) is 25.7 Å². The van der Waals surface area contributed by atoms with Gasteiger partial charge in [-0.15, -0.1) is 0 Å². The molecule has 6 nitrogen and oxygen atoms in total. The summed E-state index contributed by atoms with van der Waals surface area (Å²) in [6.07, 6.45) is 3.46. The first-order chi connectivity index (χ1) is 11.6. The van der Waals surface area contributed by atoms with Gasteiger partial charge in [-0.3, -0.25) is 9.59 Å². The average Bonchev–Trinajstić information content (AvgIpc) is 3.46. The molecular formula is C18H24N2O4. The minimum atomic E-state index is -0.0795. The summed E-state index contributed by atoms with van der Waals surface area (Å²) in [6.45, 7) is 1.34. The van der Waals surface area contributed by atoms with E-state index in [4.69, 9.17) is 9.47 Å². The van der Waals surface area contributed by atoms with Gasteiger partial charge in [-0.2, -0.15) is 0 Å². The van der Waals surface area contributed by atoms with Gasteiger partial charge in [0.1, 0.15) is 11.5 Å². The van der Waals surface area contributed by atoms with Gasteiger partial charge in [0.05, 0.1) is 19.9 Å². The summed E-state index contributed by atoms with van der Waals surface area (Å²) >= 11 is 0. The lowest BCUT2D eigenvalue weighted by molar-refractivity contribution is -0.135. The maximum Gasteiger partial charge on any atom is 0.227 e. The van der Waals surface area contributed by atoms with Crippen molar-refractivity contribution < 1.29 is 19.1 Å². The molecule has 0 radical (unpaired) electrons. The van der Waals surface area contributed by atoms with E-state index in [1.54, 1.807) is 32.4 Å². The molecule has 0 spiro atoms. The predicted octanol–water partition coefficient (Wildman–Crippen LogP) is 2.29. The smallest absolute Gasteiger partial charge is 0.227 e. The molecule has 1 aromatic rings. The van der Waals surface area contributed by atoms with E-state index in [0.717, 1.165) is 12.8 Å². The van der Waals surface area contributed by atoms with Crippen LogP contribution in [-0.2, 0) is 9.59 Å². The van der Waals surface area contributed by atoms with E-state index in [-0.39, 0.29) is 23.7 Å². The normalized spacial score (nSPS) is 18.2. The van der Waals surface area contributed by atoms with E-state index < -0.39 is 0 Å². The Morgan fingerprint density at radius 3 is 2.33 bits per heavy atom. The molecule has 1 aliphatic heterocycles. The number of nitrogens with one attached hydrogen (secondary N) is 1. The van der Waals surface area contributed by atoms with Crippen LogP contribution < -0.4 is 14.8 Å². The molecule has 0 bridgehead atoms. The first kappa shape index (κ1) is 16.6. The molecule has 130 valence electrons. The molecule has 2 aliphatic rings. The average molecular weight is 332 g/mol. The third-order valence-electron chi connectivity index (χ3n) is 4.77. The number of likely N-dealkylation sites (tertiary alicyclic amines) is 1. The fraction of sp³-hybridized carbons (Fsp3) is 0.556. The second-order valence-corrected chi connectivity index (χ2v) is 6.43. The fourth-order valence-electron chi connectivity index (χ4n) is 3.10. The first-order valence-electron chi connectivity index (χ1n) is 8.44. The minimum absolute atomic E-state index is 0.0277. The summed E-state index contributed by atoms with van der Waals surface area (Å²) in [4.78, 5) is 26.5. The molecule has 1 saturated carbocycles. The number of hydrogen-bond donors (Lipinski definition) is 1. The molecule has 1 aliphatic carbocycles. The molecule has 1 N–H and O–H groups in total. The Hall–Kier alpha value is -2.24. The van der Waals surface area contributed by atoms with Crippen LogP contribution in [0.1, 0.15) is 25.7 Å². The number of hydrogen-bond acceptors (Lipinski definition) is 4. The molecule has 6 heteroatoms. The quantitative estimate of drug-likeness (QED) is 0.898. The summed E-state index contributed by atoms with van der Waals surface area (Å²) in [5.74, 6) is 1.67. The zero-order chi connectivity index (χ0) is 17.1. The van der Waals surface area contributed by atoms with E-state index in [1.807, 2.05) is 4.90 Å². The highest BCUT2D eigenvalue weighted by Gasteiger charge is 2.36. The van der Waals surface area contributed by atoms with Crippen molar-refractivity contribution in [3.63, 3.8) is 0 Å². The van der Waals surface area contributed by atoms with E-state index in [1.165, 1.54) is 0 Å². The van der Waals surface area contributed by atoms with Crippen molar-refractivity contribution in [3.8, 4) is 11.5 Å². The highest BCUT2D eigenvalue weighted by atomic mass is 16.5. The van der Waals surface area contributed by atoms with Gasteiger partial charge in [0.15, 0.2) is 0 Å².